The van der Waals surface area contributed by atoms with Crippen molar-refractivity contribution in [1.29, 1.82) is 0 Å². The molecule has 1 aromatic carbocycles. The van der Waals surface area contributed by atoms with E-state index >= 15 is 0 Å². The number of hydrogen-bond donors (Lipinski definition) is 0. The van der Waals surface area contributed by atoms with Gasteiger partial charge in [-0.2, -0.15) is 0 Å². The molecule has 0 amide bonds. The maximum absolute atomic E-state index is 10.0. The fourth-order valence-corrected chi connectivity index (χ4v) is 2.09. The van der Waals surface area contributed by atoms with Gasteiger partial charge >= 0.3 is 0 Å². The van der Waals surface area contributed by atoms with Gasteiger partial charge in [0.15, 0.2) is 0 Å². The first-order valence-electron chi connectivity index (χ1n) is 6.25. The van der Waals surface area contributed by atoms with E-state index < -0.39 is 0 Å². The standard InChI is InChI=1S/C14H18N2O2/c1-16-8-6-14(7-9-16)18-13-4-2-12(3-5-13)10-15-11-17/h2-5,14H,6-10H2,1H3. The largest absolute Gasteiger partial charge is 0.490 e. The summed E-state index contributed by atoms with van der Waals surface area (Å²) in [6, 6.07) is 7.75. The molecule has 1 saturated heterocycles. The normalized spacial score (nSPS) is 17.2. The van der Waals surface area contributed by atoms with E-state index in [1.807, 2.05) is 24.3 Å². The Balaban J connectivity index is 1.88. The molecule has 0 N–H and O–H groups in total. The zero-order valence-corrected chi connectivity index (χ0v) is 10.6. The van der Waals surface area contributed by atoms with Crippen LogP contribution in [-0.2, 0) is 11.3 Å². The van der Waals surface area contributed by atoms with Crippen LogP contribution in [0.15, 0.2) is 29.3 Å². The van der Waals surface area contributed by atoms with Crippen LogP contribution >= 0.6 is 0 Å². The van der Waals surface area contributed by atoms with Crippen LogP contribution in [0.1, 0.15) is 18.4 Å². The van der Waals surface area contributed by atoms with Crippen LogP contribution < -0.4 is 4.74 Å². The topological polar surface area (TPSA) is 41.9 Å². The average Bonchev–Trinajstić information content (AvgIpc) is 2.41. The van der Waals surface area contributed by atoms with Crippen LogP contribution in [0.3, 0.4) is 0 Å². The monoisotopic (exact) mass is 246 g/mol. The van der Waals surface area contributed by atoms with Crippen molar-refractivity contribution in [1.82, 2.24) is 4.90 Å². The van der Waals surface area contributed by atoms with Gasteiger partial charge in [-0.05, 0) is 37.6 Å². The summed E-state index contributed by atoms with van der Waals surface area (Å²) >= 11 is 0. The number of isocyanates is 1. The Morgan fingerprint density at radius 1 is 1.33 bits per heavy atom. The number of carbonyl (C=O) groups excluding carboxylic acids is 1. The van der Waals surface area contributed by atoms with Gasteiger partial charge in [0.25, 0.3) is 0 Å². The van der Waals surface area contributed by atoms with E-state index in [0.29, 0.717) is 12.6 Å². The number of rotatable bonds is 4. The van der Waals surface area contributed by atoms with Crippen molar-refractivity contribution in [3.8, 4) is 5.75 Å². The Bertz CT molecular complexity index is 416. The lowest BCUT2D eigenvalue weighted by atomic mass is 10.1. The van der Waals surface area contributed by atoms with Crippen molar-refractivity contribution in [2.45, 2.75) is 25.5 Å². The molecule has 96 valence electrons. The lowest BCUT2D eigenvalue weighted by Gasteiger charge is -2.29. The highest BCUT2D eigenvalue weighted by atomic mass is 16.5. The fourth-order valence-electron chi connectivity index (χ4n) is 2.09. The second-order valence-electron chi connectivity index (χ2n) is 4.67. The maximum Gasteiger partial charge on any atom is 0.235 e. The molecule has 2 rings (SSSR count). The molecule has 1 heterocycles. The zero-order chi connectivity index (χ0) is 12.8. The number of piperidine rings is 1. The van der Waals surface area contributed by atoms with Gasteiger partial charge in [-0.1, -0.05) is 12.1 Å². The third-order valence-corrected chi connectivity index (χ3v) is 3.22. The second kappa shape index (κ2) is 6.34. The highest BCUT2D eigenvalue weighted by Gasteiger charge is 2.17. The van der Waals surface area contributed by atoms with Crippen LogP contribution in [0.5, 0.6) is 5.75 Å². The van der Waals surface area contributed by atoms with E-state index in [2.05, 4.69) is 16.9 Å². The summed E-state index contributed by atoms with van der Waals surface area (Å²) in [5, 5.41) is 0. The highest BCUT2D eigenvalue weighted by Crippen LogP contribution is 2.19. The van der Waals surface area contributed by atoms with E-state index in [0.717, 1.165) is 37.2 Å². The molecule has 0 radical (unpaired) electrons. The molecule has 4 nitrogen and oxygen atoms in total. The Kier molecular flexibility index (Phi) is 4.51. The van der Waals surface area contributed by atoms with Crippen molar-refractivity contribution in [3.63, 3.8) is 0 Å². The first-order valence-corrected chi connectivity index (χ1v) is 6.25. The van der Waals surface area contributed by atoms with Gasteiger partial charge < -0.3 is 9.64 Å². The van der Waals surface area contributed by atoms with E-state index in [4.69, 9.17) is 4.74 Å². The molecule has 0 unspecified atom stereocenters. The van der Waals surface area contributed by atoms with Crippen LogP contribution in [0.25, 0.3) is 0 Å². The van der Waals surface area contributed by atoms with E-state index in [9.17, 15) is 4.79 Å². The van der Waals surface area contributed by atoms with Gasteiger partial charge in [-0.25, -0.2) is 9.79 Å². The van der Waals surface area contributed by atoms with Crippen LogP contribution in [0, 0.1) is 0 Å². The average molecular weight is 246 g/mol. The molecule has 1 fully saturated rings. The van der Waals surface area contributed by atoms with Crippen LogP contribution in [-0.4, -0.2) is 37.2 Å². The minimum absolute atomic E-state index is 0.319. The van der Waals surface area contributed by atoms with Gasteiger partial charge in [0.2, 0.25) is 6.08 Å². The molecule has 4 heteroatoms. The Morgan fingerprint density at radius 3 is 2.61 bits per heavy atom. The summed E-state index contributed by atoms with van der Waals surface area (Å²) in [4.78, 5) is 15.9. The van der Waals surface area contributed by atoms with Gasteiger partial charge in [-0.3, -0.25) is 0 Å². The van der Waals surface area contributed by atoms with Gasteiger partial charge in [0.1, 0.15) is 11.9 Å². The van der Waals surface area contributed by atoms with Crippen molar-refractivity contribution >= 4 is 6.08 Å². The van der Waals surface area contributed by atoms with Gasteiger partial charge in [-0.15, -0.1) is 0 Å². The van der Waals surface area contributed by atoms with E-state index in [1.54, 1.807) is 0 Å². The smallest absolute Gasteiger partial charge is 0.235 e. The van der Waals surface area contributed by atoms with E-state index in [1.165, 1.54) is 6.08 Å². The third-order valence-electron chi connectivity index (χ3n) is 3.22. The predicted octanol–water partition coefficient (Wildman–Crippen LogP) is 2.00. The summed E-state index contributed by atoms with van der Waals surface area (Å²) in [5.41, 5.74) is 0.995. The summed E-state index contributed by atoms with van der Waals surface area (Å²) in [5.74, 6) is 0.892. The first kappa shape index (κ1) is 12.8. The molecule has 0 aliphatic carbocycles. The number of ether oxygens (including phenoxy) is 1. The Labute approximate surface area is 107 Å². The molecule has 1 aromatic rings. The molecule has 0 aromatic heterocycles. The predicted molar refractivity (Wildman–Crippen MR) is 69.4 cm³/mol. The fraction of sp³-hybridized carbons (Fsp3) is 0.500. The Hall–Kier alpha value is -1.64. The number of hydrogen-bond acceptors (Lipinski definition) is 4. The number of nitrogens with zero attached hydrogens (tertiary/aromatic N) is 2. The van der Waals surface area contributed by atoms with E-state index in [-0.39, 0.29) is 0 Å². The molecular formula is C14H18N2O2. The summed E-state index contributed by atoms with van der Waals surface area (Å²) in [6.07, 6.45) is 4.01. The molecule has 18 heavy (non-hydrogen) atoms. The van der Waals surface area contributed by atoms with Crippen LogP contribution in [0.2, 0.25) is 0 Å². The number of aliphatic imine (C=N–C) groups is 1. The lowest BCUT2D eigenvalue weighted by Crippen LogP contribution is -2.35. The molecule has 0 atom stereocenters. The zero-order valence-electron chi connectivity index (χ0n) is 10.6. The SMILES string of the molecule is CN1CCC(Oc2ccc(CN=C=O)cc2)CC1. The minimum Gasteiger partial charge on any atom is -0.490 e. The maximum atomic E-state index is 10.0. The second-order valence-corrected chi connectivity index (χ2v) is 4.67. The Morgan fingerprint density at radius 2 is 2.00 bits per heavy atom. The van der Waals surface area contributed by atoms with Gasteiger partial charge in [0.05, 0.1) is 6.54 Å². The summed E-state index contributed by atoms with van der Waals surface area (Å²) < 4.78 is 5.93. The van der Waals surface area contributed by atoms with Gasteiger partial charge in [0, 0.05) is 13.1 Å². The quantitative estimate of drug-likeness (QED) is 0.602. The summed E-state index contributed by atoms with van der Waals surface area (Å²) in [6.45, 7) is 2.58. The third kappa shape index (κ3) is 3.69. The highest BCUT2D eigenvalue weighted by molar-refractivity contribution is 5.34. The summed E-state index contributed by atoms with van der Waals surface area (Å²) in [7, 11) is 2.14. The molecule has 1 aliphatic heterocycles. The van der Waals surface area contributed by atoms with Crippen molar-refractivity contribution in [2.24, 2.45) is 4.99 Å². The number of likely N-dealkylation sites (tertiary alicyclic amines) is 1. The van der Waals surface area contributed by atoms with Crippen LogP contribution in [0.4, 0.5) is 0 Å². The molecule has 1 aliphatic rings. The van der Waals surface area contributed by atoms with Crippen molar-refractivity contribution in [2.75, 3.05) is 20.1 Å². The first-order chi connectivity index (χ1) is 8.78. The molecule has 0 saturated carbocycles. The minimum atomic E-state index is 0.319. The van der Waals surface area contributed by atoms with Crippen molar-refractivity contribution < 1.29 is 9.53 Å². The molecular weight excluding hydrogens is 228 g/mol. The lowest BCUT2D eigenvalue weighted by molar-refractivity contribution is 0.114. The van der Waals surface area contributed by atoms with Crippen molar-refractivity contribution in [3.05, 3.63) is 29.8 Å². The molecule has 0 spiro atoms. The molecule has 0 bridgehead atoms. The number of benzene rings is 1.